The number of amides is 1. The fourth-order valence-electron chi connectivity index (χ4n) is 2.22. The van der Waals surface area contributed by atoms with Crippen LogP contribution in [0.1, 0.15) is 23.5 Å². The van der Waals surface area contributed by atoms with Crippen LogP contribution in [-0.2, 0) is 4.79 Å². The summed E-state index contributed by atoms with van der Waals surface area (Å²) in [6, 6.07) is 0.952. The number of aliphatic carboxylic acids is 1. The van der Waals surface area contributed by atoms with Crippen LogP contribution in [-0.4, -0.2) is 46.2 Å². The first-order valence-electron chi connectivity index (χ1n) is 6.26. The lowest BCUT2D eigenvalue weighted by Gasteiger charge is -2.29. The van der Waals surface area contributed by atoms with Gasteiger partial charge >= 0.3 is 5.97 Å². The molecule has 2 heterocycles. The highest BCUT2D eigenvalue weighted by Crippen LogP contribution is 2.37. The summed E-state index contributed by atoms with van der Waals surface area (Å²) in [6.07, 6.45) is 0. The number of nitrogens with zero attached hydrogens (tertiary/aromatic N) is 1. The Morgan fingerprint density at radius 3 is 2.75 bits per heavy atom. The molecule has 1 N–H and O–H groups in total. The van der Waals surface area contributed by atoms with Gasteiger partial charge in [0.2, 0.25) is 0 Å². The predicted octanol–water partition coefficient (Wildman–Crippen LogP) is 2.38. The van der Waals surface area contributed by atoms with Crippen LogP contribution >= 0.6 is 23.1 Å². The molecule has 1 aromatic heterocycles. The molecule has 2 atom stereocenters. The second-order valence-corrected chi connectivity index (χ2v) is 6.92. The smallest absolute Gasteiger partial charge is 0.327 e. The van der Waals surface area contributed by atoms with Gasteiger partial charge in [0.05, 0.1) is 12.5 Å². The third-order valence-electron chi connectivity index (χ3n) is 3.17. The molecule has 0 aliphatic carbocycles. The van der Waals surface area contributed by atoms with Crippen LogP contribution in [0.2, 0.25) is 0 Å². The van der Waals surface area contributed by atoms with Gasteiger partial charge in [-0.3, -0.25) is 4.79 Å². The maximum absolute atomic E-state index is 12.7. The number of hydrogen-bond donors (Lipinski definition) is 1. The van der Waals surface area contributed by atoms with Gasteiger partial charge in [0, 0.05) is 5.75 Å². The molecule has 1 saturated heterocycles. The summed E-state index contributed by atoms with van der Waals surface area (Å²) < 4.78 is 5.17. The van der Waals surface area contributed by atoms with E-state index < -0.39 is 12.0 Å². The monoisotopic (exact) mass is 315 g/mol. The first-order valence-corrected chi connectivity index (χ1v) is 8.18. The summed E-state index contributed by atoms with van der Waals surface area (Å²) in [4.78, 5) is 26.0. The fraction of sp³-hybridized carbons (Fsp3) is 0.538. The molecule has 1 aromatic rings. The SMILES string of the molecule is COc1ccsc1C(=O)N1C(C(=O)O)CSC1C(C)C. The molecule has 1 fully saturated rings. The zero-order chi connectivity index (χ0) is 14.9. The Balaban J connectivity index is 2.34. The molecular weight excluding hydrogens is 298 g/mol. The number of thioether (sulfide) groups is 1. The quantitative estimate of drug-likeness (QED) is 0.924. The lowest BCUT2D eigenvalue weighted by atomic mass is 10.1. The van der Waals surface area contributed by atoms with Crippen LogP contribution in [0.25, 0.3) is 0 Å². The molecule has 0 aromatic carbocycles. The summed E-state index contributed by atoms with van der Waals surface area (Å²) in [5.74, 6) is -0.0854. The lowest BCUT2D eigenvalue weighted by molar-refractivity contribution is -0.141. The average Bonchev–Trinajstić information content (AvgIpc) is 3.03. The molecule has 7 heteroatoms. The first-order chi connectivity index (χ1) is 9.47. The van der Waals surface area contributed by atoms with Crippen molar-refractivity contribution in [1.82, 2.24) is 4.90 Å². The maximum Gasteiger partial charge on any atom is 0.327 e. The highest BCUT2D eigenvalue weighted by molar-refractivity contribution is 8.00. The van der Waals surface area contributed by atoms with Gasteiger partial charge in [-0.15, -0.1) is 23.1 Å². The van der Waals surface area contributed by atoms with Gasteiger partial charge in [0.1, 0.15) is 16.7 Å². The van der Waals surface area contributed by atoms with Crippen LogP contribution in [0.3, 0.4) is 0 Å². The largest absolute Gasteiger partial charge is 0.495 e. The van der Waals surface area contributed by atoms with Crippen molar-refractivity contribution in [3.63, 3.8) is 0 Å². The number of thiophene rings is 1. The molecule has 2 unspecified atom stereocenters. The third kappa shape index (κ3) is 2.64. The van der Waals surface area contributed by atoms with Gasteiger partial charge in [-0.1, -0.05) is 13.8 Å². The molecule has 2 rings (SSSR count). The molecule has 0 radical (unpaired) electrons. The second-order valence-electron chi connectivity index (χ2n) is 4.85. The van der Waals surface area contributed by atoms with Gasteiger partial charge in [0.25, 0.3) is 5.91 Å². The van der Waals surface area contributed by atoms with Crippen LogP contribution in [0.15, 0.2) is 11.4 Å². The van der Waals surface area contributed by atoms with E-state index >= 15 is 0 Å². The molecule has 110 valence electrons. The molecule has 20 heavy (non-hydrogen) atoms. The van der Waals surface area contributed by atoms with E-state index in [2.05, 4.69) is 0 Å². The van der Waals surface area contributed by atoms with E-state index in [0.29, 0.717) is 16.4 Å². The van der Waals surface area contributed by atoms with E-state index in [-0.39, 0.29) is 17.2 Å². The number of carbonyl (C=O) groups excluding carboxylic acids is 1. The number of ether oxygens (including phenoxy) is 1. The van der Waals surface area contributed by atoms with Gasteiger partial charge in [-0.2, -0.15) is 0 Å². The van der Waals surface area contributed by atoms with Crippen LogP contribution in [0, 0.1) is 5.92 Å². The Morgan fingerprint density at radius 1 is 1.50 bits per heavy atom. The molecule has 1 aliphatic heterocycles. The number of rotatable bonds is 4. The Hall–Kier alpha value is -1.21. The normalized spacial score (nSPS) is 22.3. The van der Waals surface area contributed by atoms with E-state index in [1.807, 2.05) is 13.8 Å². The van der Waals surface area contributed by atoms with E-state index in [9.17, 15) is 14.7 Å². The molecule has 0 spiro atoms. The van der Waals surface area contributed by atoms with E-state index in [1.54, 1.807) is 11.4 Å². The summed E-state index contributed by atoms with van der Waals surface area (Å²) >= 11 is 2.80. The molecule has 1 amide bonds. The van der Waals surface area contributed by atoms with Crippen LogP contribution < -0.4 is 4.74 Å². The lowest BCUT2D eigenvalue weighted by Crippen LogP contribution is -2.47. The minimum Gasteiger partial charge on any atom is -0.495 e. The Labute approximate surface area is 125 Å². The van der Waals surface area contributed by atoms with Crippen molar-refractivity contribution >= 4 is 35.0 Å². The summed E-state index contributed by atoms with van der Waals surface area (Å²) in [7, 11) is 1.51. The predicted molar refractivity (Wildman–Crippen MR) is 79.5 cm³/mol. The van der Waals surface area contributed by atoms with Crippen LogP contribution in [0.4, 0.5) is 0 Å². The Morgan fingerprint density at radius 2 is 2.20 bits per heavy atom. The van der Waals surface area contributed by atoms with Crippen molar-refractivity contribution in [2.45, 2.75) is 25.3 Å². The maximum atomic E-state index is 12.7. The number of carboxylic acid groups (broad SMARTS) is 1. The number of hydrogen-bond acceptors (Lipinski definition) is 5. The molecule has 0 saturated carbocycles. The highest BCUT2D eigenvalue weighted by Gasteiger charge is 2.44. The van der Waals surface area contributed by atoms with E-state index in [4.69, 9.17) is 4.74 Å². The van der Waals surface area contributed by atoms with Crippen molar-refractivity contribution in [3.05, 3.63) is 16.3 Å². The van der Waals surface area contributed by atoms with Crippen molar-refractivity contribution in [2.24, 2.45) is 5.92 Å². The number of carboxylic acids is 1. The van der Waals surface area contributed by atoms with E-state index in [0.717, 1.165) is 0 Å². The van der Waals surface area contributed by atoms with Gasteiger partial charge < -0.3 is 14.7 Å². The Bertz CT molecular complexity index is 514. The van der Waals surface area contributed by atoms with Gasteiger partial charge in [0.15, 0.2) is 0 Å². The zero-order valence-electron chi connectivity index (χ0n) is 11.5. The number of carbonyl (C=O) groups is 2. The highest BCUT2D eigenvalue weighted by atomic mass is 32.2. The van der Waals surface area contributed by atoms with Crippen LogP contribution in [0.5, 0.6) is 5.75 Å². The topological polar surface area (TPSA) is 66.8 Å². The zero-order valence-corrected chi connectivity index (χ0v) is 13.2. The van der Waals surface area contributed by atoms with Crippen molar-refractivity contribution < 1.29 is 19.4 Å². The van der Waals surface area contributed by atoms with E-state index in [1.165, 1.54) is 35.1 Å². The van der Waals surface area contributed by atoms with Gasteiger partial charge in [-0.05, 0) is 17.4 Å². The summed E-state index contributed by atoms with van der Waals surface area (Å²) in [5, 5.41) is 11.0. The first kappa shape index (κ1) is 15.2. The summed E-state index contributed by atoms with van der Waals surface area (Å²) in [6.45, 7) is 3.99. The molecule has 1 aliphatic rings. The minimum atomic E-state index is -0.954. The molecular formula is C13H17NO4S2. The third-order valence-corrected chi connectivity index (χ3v) is 5.67. The molecule has 0 bridgehead atoms. The molecule has 5 nitrogen and oxygen atoms in total. The van der Waals surface area contributed by atoms with Gasteiger partial charge in [-0.25, -0.2) is 4.79 Å². The van der Waals surface area contributed by atoms with Crippen molar-refractivity contribution in [3.8, 4) is 5.75 Å². The minimum absolute atomic E-state index is 0.115. The number of methoxy groups -OCH3 is 1. The summed E-state index contributed by atoms with van der Waals surface area (Å²) in [5.41, 5.74) is 0. The Kier molecular flexibility index (Phi) is 4.59. The van der Waals surface area contributed by atoms with Crippen molar-refractivity contribution in [1.29, 1.82) is 0 Å². The second kappa shape index (κ2) is 6.05. The standard InChI is InChI=1S/C13H17NO4S2/c1-7(2)12-14(8(6-20-12)13(16)17)11(15)10-9(18-3)4-5-19-10/h4-5,7-8,12H,6H2,1-3H3,(H,16,17). The van der Waals surface area contributed by atoms with Crippen molar-refractivity contribution in [2.75, 3.05) is 12.9 Å². The average molecular weight is 315 g/mol. The fourth-order valence-corrected chi connectivity index (χ4v) is 4.49.